The molecular formula is C24H32ClN5O5S. The molecule has 1 aromatic heterocycles. The van der Waals surface area contributed by atoms with E-state index in [1.807, 2.05) is 31.2 Å². The Balaban J connectivity index is 1.34. The molecule has 3 fully saturated rings. The average molecular weight is 538 g/mol. The molecule has 10 nitrogen and oxygen atoms in total. The monoisotopic (exact) mass is 537 g/mol. The molecule has 36 heavy (non-hydrogen) atoms. The van der Waals surface area contributed by atoms with E-state index in [-0.39, 0.29) is 29.6 Å². The van der Waals surface area contributed by atoms with E-state index in [9.17, 15) is 13.2 Å². The van der Waals surface area contributed by atoms with Gasteiger partial charge in [-0.05, 0) is 18.6 Å². The second kappa shape index (κ2) is 10.3. The first-order chi connectivity index (χ1) is 17.3. The summed E-state index contributed by atoms with van der Waals surface area (Å²) in [6.45, 7) is 6.06. The van der Waals surface area contributed by atoms with Crippen LogP contribution in [0.4, 0.5) is 5.69 Å². The molecule has 3 aliphatic heterocycles. The van der Waals surface area contributed by atoms with Crippen molar-refractivity contribution in [2.45, 2.75) is 43.5 Å². The second-order valence-electron chi connectivity index (χ2n) is 9.35. The largest absolute Gasteiger partial charge is 0.368 e. The second-order valence-corrected chi connectivity index (χ2v) is 11.6. The number of ether oxygens (including phenoxy) is 2. The molecule has 0 bridgehead atoms. The number of likely N-dealkylation sites (tertiary alicyclic amines) is 1. The lowest BCUT2D eigenvalue weighted by Crippen LogP contribution is -2.49. The molecule has 5 rings (SSSR count). The van der Waals surface area contributed by atoms with Gasteiger partial charge in [0, 0.05) is 64.9 Å². The van der Waals surface area contributed by atoms with Gasteiger partial charge < -0.3 is 19.3 Å². The highest BCUT2D eigenvalue weighted by Gasteiger charge is 2.42. The number of benzene rings is 1. The number of piperidine rings is 1. The number of rotatable bonds is 6. The van der Waals surface area contributed by atoms with Crippen molar-refractivity contribution in [1.29, 1.82) is 0 Å². The maximum atomic E-state index is 13.7. The fourth-order valence-corrected chi connectivity index (χ4v) is 6.86. The molecular weight excluding hydrogens is 506 g/mol. The van der Waals surface area contributed by atoms with Gasteiger partial charge in [-0.25, -0.2) is 8.42 Å². The van der Waals surface area contributed by atoms with Crippen LogP contribution in [0.15, 0.2) is 35.5 Å². The number of aryl methyl sites for hydroxylation is 1. The van der Waals surface area contributed by atoms with Gasteiger partial charge >= 0.3 is 0 Å². The van der Waals surface area contributed by atoms with Crippen molar-refractivity contribution in [2.24, 2.45) is 0 Å². The molecule has 0 unspecified atom stereocenters. The number of hydrogen-bond acceptors (Lipinski definition) is 7. The predicted octanol–water partition coefficient (Wildman–Crippen LogP) is 2.44. The molecule has 4 heterocycles. The maximum Gasteiger partial charge on any atom is 0.263 e. The summed E-state index contributed by atoms with van der Waals surface area (Å²) in [5.74, 6) is -0.933. The van der Waals surface area contributed by atoms with E-state index in [1.54, 1.807) is 15.8 Å². The number of carbonyl (C=O) groups is 1. The van der Waals surface area contributed by atoms with E-state index < -0.39 is 15.8 Å². The van der Waals surface area contributed by atoms with E-state index >= 15 is 0 Å². The molecule has 0 radical (unpaired) electrons. The Morgan fingerprint density at radius 1 is 1.06 bits per heavy atom. The van der Waals surface area contributed by atoms with Gasteiger partial charge in [-0.15, -0.1) is 0 Å². The topological polar surface area (TPSA) is 97.2 Å². The van der Waals surface area contributed by atoms with Crippen molar-refractivity contribution in [1.82, 2.24) is 19.0 Å². The van der Waals surface area contributed by atoms with E-state index in [4.69, 9.17) is 21.1 Å². The number of aromatic nitrogens is 2. The van der Waals surface area contributed by atoms with Crippen molar-refractivity contribution in [3.05, 3.63) is 41.0 Å². The molecule has 0 atom stereocenters. The van der Waals surface area contributed by atoms with Crippen molar-refractivity contribution in [3.8, 4) is 0 Å². The number of anilines is 1. The molecule has 2 aromatic rings. The minimum atomic E-state index is -3.97. The number of sulfonamides is 1. The smallest absolute Gasteiger partial charge is 0.263 e. The van der Waals surface area contributed by atoms with E-state index in [1.165, 1.54) is 4.31 Å². The quantitative estimate of drug-likeness (QED) is 0.558. The van der Waals surface area contributed by atoms with Gasteiger partial charge in [0.05, 0.1) is 29.5 Å². The summed E-state index contributed by atoms with van der Waals surface area (Å²) in [7, 11) is -3.97. The minimum absolute atomic E-state index is 0.126. The summed E-state index contributed by atoms with van der Waals surface area (Å²) in [6.07, 6.45) is 3.47. The lowest BCUT2D eigenvalue weighted by molar-refractivity contribution is -0.181. The highest BCUT2D eigenvalue weighted by atomic mass is 35.5. The third-order valence-electron chi connectivity index (χ3n) is 7.05. The summed E-state index contributed by atoms with van der Waals surface area (Å²) in [5, 5.41) is 4.85. The van der Waals surface area contributed by atoms with Crippen LogP contribution in [0, 0.1) is 0 Å². The number of nitrogens with zero attached hydrogens (tertiary/aromatic N) is 5. The van der Waals surface area contributed by atoms with Gasteiger partial charge in [0.25, 0.3) is 15.9 Å². The highest BCUT2D eigenvalue weighted by Crippen LogP contribution is 2.33. The zero-order valence-corrected chi connectivity index (χ0v) is 22.0. The summed E-state index contributed by atoms with van der Waals surface area (Å²) in [6, 6.07) is 7.54. The van der Waals surface area contributed by atoms with E-state index in [0.29, 0.717) is 63.8 Å². The fourth-order valence-electron chi connectivity index (χ4n) is 5.09. The number of para-hydroxylation sites is 1. The van der Waals surface area contributed by atoms with Crippen molar-refractivity contribution in [3.63, 3.8) is 0 Å². The number of halogens is 1. The summed E-state index contributed by atoms with van der Waals surface area (Å²) >= 11 is 6.34. The average Bonchev–Trinajstić information content (AvgIpc) is 3.53. The molecule has 196 valence electrons. The van der Waals surface area contributed by atoms with Crippen LogP contribution >= 0.6 is 11.6 Å². The van der Waals surface area contributed by atoms with Crippen molar-refractivity contribution >= 4 is 33.2 Å². The Kier molecular flexibility index (Phi) is 7.28. The third kappa shape index (κ3) is 4.87. The molecule has 3 aliphatic rings. The molecule has 3 saturated heterocycles. The van der Waals surface area contributed by atoms with E-state index in [0.717, 1.165) is 12.1 Å². The zero-order chi connectivity index (χ0) is 25.3. The van der Waals surface area contributed by atoms with Crippen molar-refractivity contribution in [2.75, 3.05) is 57.4 Å². The van der Waals surface area contributed by atoms with E-state index in [2.05, 4.69) is 10.00 Å². The maximum absolute atomic E-state index is 13.7. The molecule has 12 heteroatoms. The van der Waals surface area contributed by atoms with Gasteiger partial charge in [0.1, 0.15) is 0 Å². The van der Waals surface area contributed by atoms with Crippen LogP contribution in [0.25, 0.3) is 0 Å². The van der Waals surface area contributed by atoms with Crippen LogP contribution in [0.1, 0.15) is 36.5 Å². The molecule has 1 amide bonds. The Bertz CT molecular complexity index is 1200. The van der Waals surface area contributed by atoms with Crippen LogP contribution in [-0.2, 0) is 26.0 Å². The Labute approximate surface area is 216 Å². The minimum Gasteiger partial charge on any atom is -0.368 e. The fraction of sp³-hybridized carbons (Fsp3) is 0.583. The first-order valence-corrected chi connectivity index (χ1v) is 14.3. The number of hydrogen-bond donors (Lipinski definition) is 0. The first kappa shape index (κ1) is 25.5. The number of carbonyl (C=O) groups excluding carboxylic acids is 1. The summed E-state index contributed by atoms with van der Waals surface area (Å²) < 4.78 is 42.0. The molecule has 0 N–H and O–H groups in total. The zero-order valence-electron chi connectivity index (χ0n) is 20.4. The molecule has 1 spiro atoms. The van der Waals surface area contributed by atoms with Gasteiger partial charge in [-0.1, -0.05) is 30.7 Å². The standard InChI is InChI=1S/C24H32ClN5O5S/c1-2-9-29-18-19(23(31)28-10-7-24(8-11-28)34-16-17-35-24)22(26-29)36(32,33)30-14-12-27(13-15-30)21-6-4-3-5-20(21)25/h3-6,18H,2,7-17H2,1H3. The SMILES string of the molecule is CCCn1cc(C(=O)N2CCC3(CC2)OCCO3)c(S(=O)(=O)N2CCN(c3ccccc3Cl)CC2)n1. The number of piperazine rings is 1. The molecule has 0 aliphatic carbocycles. The Hall–Kier alpha value is -2.18. The van der Waals surface area contributed by atoms with Crippen LogP contribution in [-0.4, -0.2) is 91.6 Å². The third-order valence-corrected chi connectivity index (χ3v) is 9.21. The van der Waals surface area contributed by atoms with Crippen LogP contribution in [0.5, 0.6) is 0 Å². The Morgan fingerprint density at radius 2 is 1.72 bits per heavy atom. The van der Waals surface area contributed by atoms with Crippen LogP contribution in [0.3, 0.4) is 0 Å². The summed E-state index contributed by atoms with van der Waals surface area (Å²) in [4.78, 5) is 17.3. The summed E-state index contributed by atoms with van der Waals surface area (Å²) in [5.41, 5.74) is 1.01. The Morgan fingerprint density at radius 3 is 2.36 bits per heavy atom. The number of amides is 1. The van der Waals surface area contributed by atoms with Gasteiger partial charge in [0.15, 0.2) is 5.79 Å². The molecule has 1 aromatic carbocycles. The van der Waals surface area contributed by atoms with Crippen LogP contribution in [0.2, 0.25) is 5.02 Å². The van der Waals surface area contributed by atoms with Gasteiger partial charge in [0.2, 0.25) is 5.03 Å². The van der Waals surface area contributed by atoms with Gasteiger partial charge in [-0.3, -0.25) is 9.48 Å². The predicted molar refractivity (Wildman–Crippen MR) is 135 cm³/mol. The highest BCUT2D eigenvalue weighted by molar-refractivity contribution is 7.89. The van der Waals surface area contributed by atoms with Gasteiger partial charge in [-0.2, -0.15) is 9.40 Å². The first-order valence-electron chi connectivity index (χ1n) is 12.5. The molecule has 0 saturated carbocycles. The van der Waals surface area contributed by atoms with Crippen LogP contribution < -0.4 is 4.90 Å². The lowest BCUT2D eigenvalue weighted by Gasteiger charge is -2.37. The normalized spacial score (nSPS) is 20.8. The van der Waals surface area contributed by atoms with Crippen molar-refractivity contribution < 1.29 is 22.7 Å². The lowest BCUT2D eigenvalue weighted by atomic mass is 10.0.